The molecule has 0 amide bonds. The molecule has 0 saturated heterocycles. The third-order valence-corrected chi connectivity index (χ3v) is 2.41. The number of ether oxygens (including phenoxy) is 1. The van der Waals surface area contributed by atoms with Gasteiger partial charge in [-0.1, -0.05) is 0 Å². The summed E-state index contributed by atoms with van der Waals surface area (Å²) in [6.07, 6.45) is 6.65. The number of pyridine rings is 1. The molecular weight excluding hydrogens is 218 g/mol. The van der Waals surface area contributed by atoms with Gasteiger partial charge in [0.25, 0.3) is 0 Å². The van der Waals surface area contributed by atoms with Crippen molar-refractivity contribution in [2.75, 3.05) is 7.11 Å². The molecule has 0 bridgehead atoms. The van der Waals surface area contributed by atoms with E-state index in [2.05, 4.69) is 20.6 Å². The molecule has 2 rings (SSSR count). The molecule has 2 heterocycles. The van der Waals surface area contributed by atoms with Crippen LogP contribution in [0.2, 0.25) is 0 Å². The minimum Gasteiger partial charge on any atom is -0.495 e. The molecule has 0 aliphatic rings. The summed E-state index contributed by atoms with van der Waals surface area (Å²) >= 11 is 0. The van der Waals surface area contributed by atoms with E-state index in [9.17, 15) is 0 Å². The molecule has 0 aliphatic heterocycles. The Balaban J connectivity index is 2.35. The van der Waals surface area contributed by atoms with E-state index < -0.39 is 0 Å². The van der Waals surface area contributed by atoms with Gasteiger partial charge in [-0.3, -0.25) is 10.8 Å². The van der Waals surface area contributed by atoms with Crippen molar-refractivity contribution in [3.05, 3.63) is 48.0 Å². The van der Waals surface area contributed by atoms with E-state index in [0.717, 1.165) is 11.1 Å². The highest BCUT2D eigenvalue weighted by Crippen LogP contribution is 2.22. The van der Waals surface area contributed by atoms with Gasteiger partial charge in [0.05, 0.1) is 25.5 Å². The second kappa shape index (κ2) is 5.33. The quantitative estimate of drug-likeness (QED) is 0.586. The zero-order chi connectivity index (χ0) is 12.1. The molecule has 3 N–H and O–H groups in total. The van der Waals surface area contributed by atoms with Crippen molar-refractivity contribution in [3.63, 3.8) is 0 Å². The Morgan fingerprint density at radius 2 is 2.12 bits per heavy atom. The molecule has 6 heteroatoms. The molecule has 0 fully saturated rings. The molecular formula is C11H13N5O. The topological polar surface area (TPSA) is 86.0 Å². The van der Waals surface area contributed by atoms with Crippen LogP contribution in [0.15, 0.2) is 36.9 Å². The Morgan fingerprint density at radius 1 is 1.24 bits per heavy atom. The van der Waals surface area contributed by atoms with Gasteiger partial charge in [-0.05, 0) is 23.3 Å². The monoisotopic (exact) mass is 231 g/mol. The summed E-state index contributed by atoms with van der Waals surface area (Å²) in [5, 5.41) is 7.55. The van der Waals surface area contributed by atoms with Crippen molar-refractivity contribution < 1.29 is 4.74 Å². The maximum atomic E-state index is 5.56. The van der Waals surface area contributed by atoms with Crippen LogP contribution in [0, 0.1) is 0 Å². The standard InChI is InChI=1S/C11H13N5O/c1-17-10-4-9(5-13-7-10)11(16-12)8-2-3-14-15-6-8/h2-7,11,16H,12H2,1H3. The molecule has 17 heavy (non-hydrogen) atoms. The first kappa shape index (κ1) is 11.4. The second-order valence-corrected chi connectivity index (χ2v) is 3.43. The Kier molecular flexibility index (Phi) is 3.59. The number of hydrogen-bond donors (Lipinski definition) is 2. The predicted octanol–water partition coefficient (Wildman–Crippen LogP) is 0.433. The van der Waals surface area contributed by atoms with E-state index >= 15 is 0 Å². The summed E-state index contributed by atoms with van der Waals surface area (Å²) in [4.78, 5) is 4.09. The molecule has 1 atom stereocenters. The number of hydrogen-bond acceptors (Lipinski definition) is 6. The first-order chi connectivity index (χ1) is 8.35. The Morgan fingerprint density at radius 3 is 2.76 bits per heavy atom. The number of rotatable bonds is 4. The number of nitrogens with one attached hydrogen (secondary N) is 1. The third-order valence-electron chi connectivity index (χ3n) is 2.41. The van der Waals surface area contributed by atoms with Crippen molar-refractivity contribution in [3.8, 4) is 5.75 Å². The van der Waals surface area contributed by atoms with Crippen molar-refractivity contribution in [2.24, 2.45) is 5.84 Å². The minimum atomic E-state index is -0.187. The van der Waals surface area contributed by atoms with Gasteiger partial charge in [-0.15, -0.1) is 0 Å². The third kappa shape index (κ3) is 2.55. The lowest BCUT2D eigenvalue weighted by molar-refractivity contribution is 0.411. The zero-order valence-corrected chi connectivity index (χ0v) is 9.37. The summed E-state index contributed by atoms with van der Waals surface area (Å²) in [6, 6.07) is 3.53. The SMILES string of the molecule is COc1cncc(C(NN)c2ccnnc2)c1. The maximum Gasteiger partial charge on any atom is 0.137 e. The second-order valence-electron chi connectivity index (χ2n) is 3.43. The molecule has 2 aromatic heterocycles. The molecule has 88 valence electrons. The summed E-state index contributed by atoms with van der Waals surface area (Å²) in [7, 11) is 1.60. The minimum absolute atomic E-state index is 0.187. The highest BCUT2D eigenvalue weighted by atomic mass is 16.5. The van der Waals surface area contributed by atoms with Gasteiger partial charge in [-0.2, -0.15) is 10.2 Å². The average molecular weight is 231 g/mol. The summed E-state index contributed by atoms with van der Waals surface area (Å²) in [5.74, 6) is 6.25. The largest absolute Gasteiger partial charge is 0.495 e. The van der Waals surface area contributed by atoms with Crippen LogP contribution in [-0.4, -0.2) is 22.3 Å². The van der Waals surface area contributed by atoms with E-state index in [0.29, 0.717) is 5.75 Å². The molecule has 0 radical (unpaired) electrons. The first-order valence-electron chi connectivity index (χ1n) is 5.07. The molecule has 0 aliphatic carbocycles. The number of hydrazine groups is 1. The van der Waals surface area contributed by atoms with Crippen molar-refractivity contribution in [1.82, 2.24) is 20.6 Å². The first-order valence-corrected chi connectivity index (χ1v) is 5.07. The number of methoxy groups -OCH3 is 1. The molecule has 0 aromatic carbocycles. The Hall–Kier alpha value is -2.05. The summed E-state index contributed by atoms with van der Waals surface area (Å²) in [5.41, 5.74) is 4.54. The van der Waals surface area contributed by atoms with Gasteiger partial charge in [0.1, 0.15) is 5.75 Å². The lowest BCUT2D eigenvalue weighted by Crippen LogP contribution is -2.29. The van der Waals surface area contributed by atoms with Crippen LogP contribution < -0.4 is 16.0 Å². The van der Waals surface area contributed by atoms with Crippen LogP contribution >= 0.6 is 0 Å². The fourth-order valence-corrected chi connectivity index (χ4v) is 1.56. The fourth-order valence-electron chi connectivity index (χ4n) is 1.56. The van der Waals surface area contributed by atoms with Crippen LogP contribution in [0.3, 0.4) is 0 Å². The van der Waals surface area contributed by atoms with Crippen LogP contribution in [0.1, 0.15) is 17.2 Å². The average Bonchev–Trinajstić information content (AvgIpc) is 2.41. The lowest BCUT2D eigenvalue weighted by Gasteiger charge is -2.16. The molecule has 0 spiro atoms. The highest BCUT2D eigenvalue weighted by molar-refractivity contribution is 5.32. The Bertz CT molecular complexity index is 476. The van der Waals surface area contributed by atoms with Crippen molar-refractivity contribution >= 4 is 0 Å². The van der Waals surface area contributed by atoms with Crippen LogP contribution in [-0.2, 0) is 0 Å². The Labute approximate surface area is 98.8 Å². The number of nitrogens with zero attached hydrogens (tertiary/aromatic N) is 3. The fraction of sp³-hybridized carbons (Fsp3) is 0.182. The van der Waals surface area contributed by atoms with Crippen LogP contribution in [0.25, 0.3) is 0 Å². The number of nitrogens with two attached hydrogens (primary N) is 1. The highest BCUT2D eigenvalue weighted by Gasteiger charge is 2.13. The predicted molar refractivity (Wildman–Crippen MR) is 62.0 cm³/mol. The number of aromatic nitrogens is 3. The van der Waals surface area contributed by atoms with Gasteiger partial charge >= 0.3 is 0 Å². The molecule has 0 saturated carbocycles. The summed E-state index contributed by atoms with van der Waals surface area (Å²) < 4.78 is 5.13. The molecule has 1 unspecified atom stereocenters. The smallest absolute Gasteiger partial charge is 0.137 e. The van der Waals surface area contributed by atoms with Crippen LogP contribution in [0.4, 0.5) is 0 Å². The van der Waals surface area contributed by atoms with E-state index in [-0.39, 0.29) is 6.04 Å². The van der Waals surface area contributed by atoms with Crippen molar-refractivity contribution in [1.29, 1.82) is 0 Å². The van der Waals surface area contributed by atoms with Gasteiger partial charge in [0.15, 0.2) is 0 Å². The van der Waals surface area contributed by atoms with E-state index in [4.69, 9.17) is 10.6 Å². The maximum absolute atomic E-state index is 5.56. The van der Waals surface area contributed by atoms with Gasteiger partial charge in [-0.25, -0.2) is 5.43 Å². The van der Waals surface area contributed by atoms with Gasteiger partial charge in [0.2, 0.25) is 0 Å². The van der Waals surface area contributed by atoms with E-state index in [1.165, 1.54) is 0 Å². The zero-order valence-electron chi connectivity index (χ0n) is 9.37. The van der Waals surface area contributed by atoms with Crippen molar-refractivity contribution in [2.45, 2.75) is 6.04 Å². The molecule has 6 nitrogen and oxygen atoms in total. The molecule has 2 aromatic rings. The lowest BCUT2D eigenvalue weighted by atomic mass is 10.0. The summed E-state index contributed by atoms with van der Waals surface area (Å²) in [6.45, 7) is 0. The normalized spacial score (nSPS) is 12.1. The van der Waals surface area contributed by atoms with E-state index in [1.807, 2.05) is 12.1 Å². The van der Waals surface area contributed by atoms with Gasteiger partial charge < -0.3 is 4.74 Å². The van der Waals surface area contributed by atoms with E-state index in [1.54, 1.807) is 31.9 Å². The van der Waals surface area contributed by atoms with Gasteiger partial charge in [0, 0.05) is 12.4 Å². The van der Waals surface area contributed by atoms with Crippen LogP contribution in [0.5, 0.6) is 5.75 Å².